The zero-order chi connectivity index (χ0) is 11.9. The van der Waals surface area contributed by atoms with Crippen LogP contribution in [0.25, 0.3) is 10.9 Å². The SMILES string of the molecule is Cc1nc(Cl)c2cnc([S+](C)[O-])nc2c1C. The van der Waals surface area contributed by atoms with Gasteiger partial charge in [-0.3, -0.25) is 0 Å². The van der Waals surface area contributed by atoms with Crippen LogP contribution in [0.5, 0.6) is 0 Å². The Morgan fingerprint density at radius 3 is 2.62 bits per heavy atom. The van der Waals surface area contributed by atoms with Crippen molar-refractivity contribution >= 4 is 33.7 Å². The average Bonchev–Trinajstić information content (AvgIpc) is 2.25. The maximum absolute atomic E-state index is 11.3. The standard InChI is InChI=1S/C10H10ClN3OS/c1-5-6(2)13-9(11)7-4-12-10(16(3)15)14-8(5)7/h4H,1-3H3. The minimum Gasteiger partial charge on any atom is -0.609 e. The lowest BCUT2D eigenvalue weighted by molar-refractivity contribution is 0.592. The van der Waals surface area contributed by atoms with Gasteiger partial charge < -0.3 is 4.55 Å². The average molecular weight is 256 g/mol. The third kappa shape index (κ3) is 1.86. The molecule has 0 spiro atoms. The normalized spacial score (nSPS) is 13.1. The zero-order valence-corrected chi connectivity index (χ0v) is 10.7. The molecule has 0 radical (unpaired) electrons. The molecule has 0 fully saturated rings. The summed E-state index contributed by atoms with van der Waals surface area (Å²) in [6.07, 6.45) is 3.12. The summed E-state index contributed by atoms with van der Waals surface area (Å²) in [4.78, 5) is 12.4. The maximum Gasteiger partial charge on any atom is 0.342 e. The molecule has 84 valence electrons. The summed E-state index contributed by atoms with van der Waals surface area (Å²) in [5.74, 6) is 0. The molecular weight excluding hydrogens is 246 g/mol. The van der Waals surface area contributed by atoms with Crippen LogP contribution in [-0.4, -0.2) is 25.8 Å². The Hall–Kier alpha value is -0.910. The first-order valence-corrected chi connectivity index (χ1v) is 6.57. The third-order valence-corrected chi connectivity index (χ3v) is 3.41. The van der Waals surface area contributed by atoms with Gasteiger partial charge in [0.1, 0.15) is 11.4 Å². The second kappa shape index (κ2) is 4.16. The van der Waals surface area contributed by atoms with Crippen molar-refractivity contribution in [2.24, 2.45) is 0 Å². The minimum absolute atomic E-state index is 0.317. The fraction of sp³-hybridized carbons (Fsp3) is 0.300. The summed E-state index contributed by atoms with van der Waals surface area (Å²) in [5.41, 5.74) is 2.48. The highest BCUT2D eigenvalue weighted by Gasteiger charge is 2.14. The molecule has 0 saturated carbocycles. The predicted octanol–water partition coefficient (Wildman–Crippen LogP) is 2.03. The summed E-state index contributed by atoms with van der Waals surface area (Å²) in [6.45, 7) is 3.78. The summed E-state index contributed by atoms with van der Waals surface area (Å²) < 4.78 is 11.3. The highest BCUT2D eigenvalue weighted by molar-refractivity contribution is 7.90. The summed E-state index contributed by atoms with van der Waals surface area (Å²) >= 11 is 4.81. The van der Waals surface area contributed by atoms with Crippen LogP contribution in [0.2, 0.25) is 5.15 Å². The first kappa shape index (κ1) is 11.6. The van der Waals surface area contributed by atoms with E-state index in [9.17, 15) is 4.55 Å². The molecule has 0 saturated heterocycles. The number of aromatic nitrogens is 3. The fourth-order valence-electron chi connectivity index (χ4n) is 1.40. The molecule has 1 unspecified atom stereocenters. The highest BCUT2D eigenvalue weighted by atomic mass is 35.5. The van der Waals surface area contributed by atoms with E-state index in [4.69, 9.17) is 11.6 Å². The Labute approximate surface area is 101 Å². The lowest BCUT2D eigenvalue weighted by Crippen LogP contribution is -2.05. The van der Waals surface area contributed by atoms with Gasteiger partial charge in [-0.25, -0.2) is 4.98 Å². The zero-order valence-electron chi connectivity index (χ0n) is 9.11. The number of nitrogens with zero attached hydrogens (tertiary/aromatic N) is 3. The molecule has 0 aliphatic carbocycles. The maximum atomic E-state index is 11.3. The molecule has 6 heteroatoms. The molecule has 0 aromatic carbocycles. The number of hydrogen-bond acceptors (Lipinski definition) is 4. The van der Waals surface area contributed by atoms with Crippen molar-refractivity contribution < 1.29 is 4.55 Å². The summed E-state index contributed by atoms with van der Waals surface area (Å²) in [5, 5.41) is 1.39. The molecule has 4 nitrogen and oxygen atoms in total. The van der Waals surface area contributed by atoms with Crippen LogP contribution in [0.15, 0.2) is 11.4 Å². The molecule has 2 rings (SSSR count). The molecule has 0 N–H and O–H groups in total. The Morgan fingerprint density at radius 1 is 1.31 bits per heavy atom. The first-order valence-electron chi connectivity index (χ1n) is 4.63. The molecule has 16 heavy (non-hydrogen) atoms. The number of halogens is 1. The number of rotatable bonds is 1. The summed E-state index contributed by atoms with van der Waals surface area (Å²) in [6, 6.07) is 0. The van der Waals surface area contributed by atoms with E-state index in [2.05, 4.69) is 15.0 Å². The van der Waals surface area contributed by atoms with E-state index in [1.807, 2.05) is 13.8 Å². The van der Waals surface area contributed by atoms with E-state index in [0.29, 0.717) is 15.7 Å². The molecular formula is C10H10ClN3OS. The van der Waals surface area contributed by atoms with Gasteiger partial charge in [-0.15, -0.1) is 0 Å². The second-order valence-corrected chi connectivity index (χ2v) is 5.11. The smallest absolute Gasteiger partial charge is 0.342 e. The predicted molar refractivity (Wildman–Crippen MR) is 64.1 cm³/mol. The van der Waals surface area contributed by atoms with E-state index in [1.165, 1.54) is 0 Å². The lowest BCUT2D eigenvalue weighted by atomic mass is 10.2. The van der Waals surface area contributed by atoms with E-state index in [0.717, 1.165) is 16.8 Å². The first-order chi connectivity index (χ1) is 7.50. The van der Waals surface area contributed by atoms with Gasteiger partial charge in [0.15, 0.2) is 0 Å². The van der Waals surface area contributed by atoms with E-state index in [-0.39, 0.29) is 0 Å². The van der Waals surface area contributed by atoms with Crippen molar-refractivity contribution in [2.45, 2.75) is 19.0 Å². The van der Waals surface area contributed by atoms with Crippen LogP contribution in [0.4, 0.5) is 0 Å². The van der Waals surface area contributed by atoms with E-state index < -0.39 is 11.2 Å². The topological polar surface area (TPSA) is 61.7 Å². The molecule has 0 aliphatic rings. The van der Waals surface area contributed by atoms with Gasteiger partial charge in [-0.1, -0.05) is 11.6 Å². The molecule has 0 aliphatic heterocycles. The van der Waals surface area contributed by atoms with Crippen LogP contribution >= 0.6 is 11.6 Å². The highest BCUT2D eigenvalue weighted by Crippen LogP contribution is 2.24. The lowest BCUT2D eigenvalue weighted by Gasteiger charge is -2.07. The number of pyridine rings is 1. The Bertz CT molecular complexity index is 559. The fourth-order valence-corrected chi connectivity index (χ4v) is 2.09. The van der Waals surface area contributed by atoms with Crippen molar-refractivity contribution in [1.29, 1.82) is 0 Å². The minimum atomic E-state index is -1.19. The van der Waals surface area contributed by atoms with Gasteiger partial charge in [0.2, 0.25) is 0 Å². The molecule has 0 amide bonds. The Balaban J connectivity index is 2.81. The van der Waals surface area contributed by atoms with Crippen LogP contribution < -0.4 is 0 Å². The van der Waals surface area contributed by atoms with Gasteiger partial charge in [0.25, 0.3) is 0 Å². The van der Waals surface area contributed by atoms with E-state index >= 15 is 0 Å². The Kier molecular flexibility index (Phi) is 3.01. The number of fused-ring (bicyclic) bond motifs is 1. The van der Waals surface area contributed by atoms with Crippen molar-refractivity contribution in [2.75, 3.05) is 6.26 Å². The molecule has 2 heterocycles. The number of hydrogen-bond donors (Lipinski definition) is 0. The van der Waals surface area contributed by atoms with Gasteiger partial charge >= 0.3 is 5.16 Å². The van der Waals surface area contributed by atoms with Gasteiger partial charge in [-0.2, -0.15) is 9.97 Å². The van der Waals surface area contributed by atoms with Crippen molar-refractivity contribution in [3.05, 3.63) is 22.6 Å². The Morgan fingerprint density at radius 2 is 2.00 bits per heavy atom. The van der Waals surface area contributed by atoms with Crippen LogP contribution in [0.3, 0.4) is 0 Å². The van der Waals surface area contributed by atoms with Crippen molar-refractivity contribution in [1.82, 2.24) is 15.0 Å². The van der Waals surface area contributed by atoms with Crippen molar-refractivity contribution in [3.63, 3.8) is 0 Å². The largest absolute Gasteiger partial charge is 0.609 e. The van der Waals surface area contributed by atoms with Gasteiger partial charge in [0, 0.05) is 23.1 Å². The van der Waals surface area contributed by atoms with Crippen LogP contribution in [0.1, 0.15) is 11.3 Å². The van der Waals surface area contributed by atoms with Crippen LogP contribution in [-0.2, 0) is 11.2 Å². The second-order valence-electron chi connectivity index (χ2n) is 3.48. The van der Waals surface area contributed by atoms with Crippen molar-refractivity contribution in [3.8, 4) is 0 Å². The van der Waals surface area contributed by atoms with Crippen LogP contribution in [0, 0.1) is 13.8 Å². The number of aryl methyl sites for hydroxylation is 2. The van der Waals surface area contributed by atoms with Gasteiger partial charge in [0.05, 0.1) is 10.9 Å². The molecule has 2 aromatic heterocycles. The molecule has 1 atom stereocenters. The molecule has 0 bridgehead atoms. The van der Waals surface area contributed by atoms with E-state index in [1.54, 1.807) is 12.5 Å². The quantitative estimate of drug-likeness (QED) is 0.444. The summed E-state index contributed by atoms with van der Waals surface area (Å²) in [7, 11) is 0. The van der Waals surface area contributed by atoms with Gasteiger partial charge in [-0.05, 0) is 19.4 Å². The third-order valence-electron chi connectivity index (χ3n) is 2.41. The monoisotopic (exact) mass is 255 g/mol. The molecule has 2 aromatic rings.